The predicted molar refractivity (Wildman–Crippen MR) is 80.2 cm³/mol. The average Bonchev–Trinajstić information content (AvgIpc) is 2.88. The molecule has 5 nitrogen and oxygen atoms in total. The van der Waals surface area contributed by atoms with Crippen LogP contribution in [0.25, 0.3) is 0 Å². The predicted octanol–water partition coefficient (Wildman–Crippen LogP) is 0.994. The number of benzene rings is 1. The molecule has 2 rings (SSSR count). The minimum absolute atomic E-state index is 0. The van der Waals surface area contributed by atoms with Gasteiger partial charge in [0.2, 0.25) is 0 Å². The quantitative estimate of drug-likeness (QED) is 0.868. The van der Waals surface area contributed by atoms with Gasteiger partial charge in [-0.3, -0.25) is 4.79 Å². The molecule has 0 spiro atoms. The van der Waals surface area contributed by atoms with Crippen molar-refractivity contribution >= 4 is 28.2 Å². The Balaban J connectivity index is 0.00000200. The molecular formula is C13H19ClN2O3S. The van der Waals surface area contributed by atoms with E-state index in [2.05, 4.69) is 10.6 Å². The fourth-order valence-corrected chi connectivity index (χ4v) is 2.78. The molecule has 0 radical (unpaired) electrons. The van der Waals surface area contributed by atoms with Crippen LogP contribution in [0.2, 0.25) is 0 Å². The Morgan fingerprint density at radius 3 is 2.80 bits per heavy atom. The summed E-state index contributed by atoms with van der Waals surface area (Å²) in [6.45, 7) is 1.56. The van der Waals surface area contributed by atoms with Gasteiger partial charge in [-0.2, -0.15) is 0 Å². The summed E-state index contributed by atoms with van der Waals surface area (Å²) in [7, 11) is -3.28. The monoisotopic (exact) mass is 318 g/mol. The van der Waals surface area contributed by atoms with Crippen molar-refractivity contribution in [2.45, 2.75) is 23.8 Å². The van der Waals surface area contributed by atoms with Crippen LogP contribution in [0.15, 0.2) is 29.2 Å². The van der Waals surface area contributed by atoms with Gasteiger partial charge < -0.3 is 10.6 Å². The van der Waals surface area contributed by atoms with Crippen LogP contribution in [0.1, 0.15) is 23.2 Å². The number of hydrogen-bond acceptors (Lipinski definition) is 4. The van der Waals surface area contributed by atoms with Crippen LogP contribution in [-0.2, 0) is 9.84 Å². The highest BCUT2D eigenvalue weighted by molar-refractivity contribution is 7.90. The summed E-state index contributed by atoms with van der Waals surface area (Å²) in [5, 5.41) is 6.11. The van der Waals surface area contributed by atoms with Crippen molar-refractivity contribution in [2.75, 3.05) is 19.3 Å². The van der Waals surface area contributed by atoms with Crippen molar-refractivity contribution < 1.29 is 13.2 Å². The molecule has 2 N–H and O–H groups in total. The number of amides is 1. The van der Waals surface area contributed by atoms with E-state index in [0.717, 1.165) is 25.6 Å². The van der Waals surface area contributed by atoms with Crippen molar-refractivity contribution in [2.24, 2.45) is 0 Å². The number of carbonyl (C=O) groups excluding carboxylic acids is 1. The lowest BCUT2D eigenvalue weighted by molar-refractivity contribution is 0.0950. The molecule has 7 heteroatoms. The molecule has 0 aliphatic carbocycles. The molecule has 1 unspecified atom stereocenters. The standard InChI is InChI=1S/C13H18N2O3S.ClH/c1-19(17,18)12-6-2-4-10(8-12)13(16)15-9-11-5-3-7-14-11;/h2,4,6,8,11,14H,3,5,7,9H2,1H3,(H,15,16);1H. The van der Waals surface area contributed by atoms with E-state index in [1.807, 2.05) is 0 Å². The third-order valence-corrected chi connectivity index (χ3v) is 4.31. The van der Waals surface area contributed by atoms with Crippen molar-refractivity contribution in [1.82, 2.24) is 10.6 Å². The SMILES string of the molecule is CS(=O)(=O)c1cccc(C(=O)NCC2CCCN2)c1.Cl. The van der Waals surface area contributed by atoms with Gasteiger partial charge in [0.15, 0.2) is 9.84 Å². The summed E-state index contributed by atoms with van der Waals surface area (Å²) < 4.78 is 22.9. The highest BCUT2D eigenvalue weighted by Crippen LogP contribution is 2.11. The average molecular weight is 319 g/mol. The van der Waals surface area contributed by atoms with E-state index in [1.165, 1.54) is 12.1 Å². The molecule has 1 fully saturated rings. The van der Waals surface area contributed by atoms with E-state index >= 15 is 0 Å². The van der Waals surface area contributed by atoms with Crippen LogP contribution in [-0.4, -0.2) is 39.7 Å². The number of sulfone groups is 1. The number of nitrogens with one attached hydrogen (secondary N) is 2. The number of hydrogen-bond donors (Lipinski definition) is 2. The van der Waals surface area contributed by atoms with E-state index in [0.29, 0.717) is 18.2 Å². The Labute approximate surface area is 125 Å². The zero-order valence-corrected chi connectivity index (χ0v) is 12.9. The molecule has 1 aliphatic rings. The summed E-state index contributed by atoms with van der Waals surface area (Å²) in [5.74, 6) is -0.237. The normalized spacial score (nSPS) is 18.4. The molecule has 1 atom stereocenters. The van der Waals surface area contributed by atoms with E-state index in [-0.39, 0.29) is 23.2 Å². The van der Waals surface area contributed by atoms with Crippen molar-refractivity contribution in [3.8, 4) is 0 Å². The van der Waals surface area contributed by atoms with Gasteiger partial charge in [-0.25, -0.2) is 8.42 Å². The summed E-state index contributed by atoms with van der Waals surface area (Å²) in [6.07, 6.45) is 3.32. The second-order valence-corrected chi connectivity index (χ2v) is 6.82. The summed E-state index contributed by atoms with van der Waals surface area (Å²) in [6, 6.07) is 6.42. The number of carbonyl (C=O) groups is 1. The molecule has 112 valence electrons. The first-order valence-electron chi connectivity index (χ1n) is 6.28. The maximum Gasteiger partial charge on any atom is 0.251 e. The lowest BCUT2D eigenvalue weighted by Crippen LogP contribution is -2.37. The van der Waals surface area contributed by atoms with E-state index in [1.54, 1.807) is 12.1 Å². The van der Waals surface area contributed by atoms with Gasteiger partial charge >= 0.3 is 0 Å². The Bertz CT molecular complexity index is 569. The first-order chi connectivity index (χ1) is 8.97. The third kappa shape index (κ3) is 4.47. The van der Waals surface area contributed by atoms with Crippen LogP contribution in [0.3, 0.4) is 0 Å². The molecule has 1 aromatic rings. The van der Waals surface area contributed by atoms with Crippen LogP contribution in [0, 0.1) is 0 Å². The molecule has 1 aliphatic heterocycles. The van der Waals surface area contributed by atoms with Gasteiger partial charge in [-0.1, -0.05) is 6.07 Å². The maximum absolute atomic E-state index is 11.9. The molecule has 1 amide bonds. The first-order valence-corrected chi connectivity index (χ1v) is 8.17. The van der Waals surface area contributed by atoms with Gasteiger partial charge in [-0.15, -0.1) is 12.4 Å². The lowest BCUT2D eigenvalue weighted by Gasteiger charge is -2.11. The zero-order chi connectivity index (χ0) is 13.9. The largest absolute Gasteiger partial charge is 0.350 e. The molecule has 0 saturated carbocycles. The molecular weight excluding hydrogens is 300 g/mol. The van der Waals surface area contributed by atoms with Crippen LogP contribution in [0.5, 0.6) is 0 Å². The third-order valence-electron chi connectivity index (χ3n) is 3.20. The second-order valence-electron chi connectivity index (χ2n) is 4.80. The minimum Gasteiger partial charge on any atom is -0.350 e. The van der Waals surface area contributed by atoms with E-state index in [4.69, 9.17) is 0 Å². The minimum atomic E-state index is -3.28. The Morgan fingerprint density at radius 2 is 2.20 bits per heavy atom. The van der Waals surface area contributed by atoms with Gasteiger partial charge in [0, 0.05) is 24.4 Å². The highest BCUT2D eigenvalue weighted by atomic mass is 35.5. The molecule has 1 heterocycles. The highest BCUT2D eigenvalue weighted by Gasteiger charge is 2.16. The Morgan fingerprint density at radius 1 is 1.45 bits per heavy atom. The fraction of sp³-hybridized carbons (Fsp3) is 0.462. The van der Waals surface area contributed by atoms with Crippen LogP contribution >= 0.6 is 12.4 Å². The Hall–Kier alpha value is -1.11. The van der Waals surface area contributed by atoms with Crippen molar-refractivity contribution in [3.05, 3.63) is 29.8 Å². The topological polar surface area (TPSA) is 75.3 Å². The van der Waals surface area contributed by atoms with Crippen molar-refractivity contribution in [1.29, 1.82) is 0 Å². The van der Waals surface area contributed by atoms with Crippen LogP contribution < -0.4 is 10.6 Å². The maximum atomic E-state index is 11.9. The van der Waals surface area contributed by atoms with Crippen LogP contribution in [0.4, 0.5) is 0 Å². The number of rotatable bonds is 4. The molecule has 1 saturated heterocycles. The van der Waals surface area contributed by atoms with Gasteiger partial charge in [0.05, 0.1) is 4.90 Å². The first kappa shape index (κ1) is 16.9. The fourth-order valence-electron chi connectivity index (χ4n) is 2.12. The molecule has 20 heavy (non-hydrogen) atoms. The van der Waals surface area contributed by atoms with Gasteiger partial charge in [0.25, 0.3) is 5.91 Å². The molecule has 1 aromatic carbocycles. The lowest BCUT2D eigenvalue weighted by atomic mass is 10.2. The van der Waals surface area contributed by atoms with Crippen molar-refractivity contribution in [3.63, 3.8) is 0 Å². The van der Waals surface area contributed by atoms with E-state index in [9.17, 15) is 13.2 Å². The molecule has 0 bridgehead atoms. The smallest absolute Gasteiger partial charge is 0.251 e. The number of halogens is 1. The summed E-state index contributed by atoms with van der Waals surface area (Å²) >= 11 is 0. The molecule has 0 aromatic heterocycles. The van der Waals surface area contributed by atoms with E-state index < -0.39 is 9.84 Å². The summed E-state index contributed by atoms with van der Waals surface area (Å²) in [4.78, 5) is 12.1. The zero-order valence-electron chi connectivity index (χ0n) is 11.3. The second kappa shape index (κ2) is 7.06. The summed E-state index contributed by atoms with van der Waals surface area (Å²) in [5.41, 5.74) is 0.376. The Kier molecular flexibility index (Phi) is 5.98. The van der Waals surface area contributed by atoms with Gasteiger partial charge in [-0.05, 0) is 37.6 Å². The van der Waals surface area contributed by atoms with Gasteiger partial charge in [0.1, 0.15) is 0 Å².